The van der Waals surface area contributed by atoms with E-state index < -0.39 is 7.82 Å². The molecule has 6 heteroatoms. The Kier molecular flexibility index (Phi) is 41.9. The van der Waals surface area contributed by atoms with Crippen molar-refractivity contribution in [1.82, 2.24) is 0 Å². The van der Waals surface area contributed by atoms with Gasteiger partial charge in [-0.1, -0.05) is 206 Å². The minimum Gasteiger partial charge on any atom is -0.302 e. The van der Waals surface area contributed by atoms with Crippen molar-refractivity contribution in [2.45, 2.75) is 219 Å². The first-order valence-electron chi connectivity index (χ1n) is 18.7. The molecule has 4 nitrogen and oxygen atoms in total. The summed E-state index contributed by atoms with van der Waals surface area (Å²) in [6.07, 6.45) is 42.2. The Morgan fingerprint density at radius 2 is 0.524 bits per heavy atom. The molecule has 0 aliphatic carbocycles. The predicted octanol–water partition coefficient (Wildman–Crippen LogP) is 13.6. The van der Waals surface area contributed by atoms with Crippen molar-refractivity contribution in [2.24, 2.45) is 0 Å². The molecule has 0 unspecified atom stereocenters. The molecular formula is C36H75NdO4P. The zero-order valence-electron chi connectivity index (χ0n) is 28.7. The monoisotopic (exact) mass is 744 g/mol. The zero-order valence-corrected chi connectivity index (χ0v) is 32.8. The van der Waals surface area contributed by atoms with Crippen LogP contribution in [0.1, 0.15) is 219 Å². The van der Waals surface area contributed by atoms with E-state index in [-0.39, 0.29) is 40.8 Å². The Labute approximate surface area is 297 Å². The van der Waals surface area contributed by atoms with Gasteiger partial charge in [0.05, 0.1) is 13.2 Å². The topological polar surface area (TPSA) is 55.8 Å². The van der Waals surface area contributed by atoms with E-state index in [1.165, 1.54) is 180 Å². The average molecular weight is 747 g/mol. The minimum atomic E-state index is -3.87. The molecule has 0 rings (SSSR count). The molecule has 0 aromatic rings. The van der Waals surface area contributed by atoms with Crippen LogP contribution in [-0.4, -0.2) is 18.1 Å². The van der Waals surface area contributed by atoms with Gasteiger partial charge in [0.1, 0.15) is 0 Å². The summed E-state index contributed by atoms with van der Waals surface area (Å²) in [6, 6.07) is 0. The average Bonchev–Trinajstić information content (AvgIpc) is 2.96. The molecule has 0 atom stereocenters. The molecule has 0 saturated heterocycles. The third kappa shape index (κ3) is 39.5. The summed E-state index contributed by atoms with van der Waals surface area (Å²) in [4.78, 5) is 9.88. The molecule has 0 heterocycles. The predicted molar refractivity (Wildman–Crippen MR) is 181 cm³/mol. The number of unbranched alkanes of at least 4 members (excludes halogenated alkanes) is 30. The molecule has 0 aliphatic rings. The van der Waals surface area contributed by atoms with Gasteiger partial charge in [-0.3, -0.25) is 9.05 Å². The number of phosphoric acid groups is 1. The second kappa shape index (κ2) is 38.6. The largest absolute Gasteiger partial charge is 0.472 e. The van der Waals surface area contributed by atoms with Crippen LogP contribution in [0.4, 0.5) is 0 Å². The maximum Gasteiger partial charge on any atom is 0.472 e. The summed E-state index contributed by atoms with van der Waals surface area (Å²) in [7, 11) is -3.87. The number of hydrogen-bond donors (Lipinski definition) is 1. The molecule has 1 N–H and O–H groups in total. The maximum absolute atomic E-state index is 12.0. The van der Waals surface area contributed by atoms with Crippen molar-refractivity contribution in [3.63, 3.8) is 0 Å². The summed E-state index contributed by atoms with van der Waals surface area (Å²) in [5.74, 6) is 0. The van der Waals surface area contributed by atoms with Crippen molar-refractivity contribution in [3.05, 3.63) is 0 Å². The van der Waals surface area contributed by atoms with Gasteiger partial charge in [0, 0.05) is 40.8 Å². The van der Waals surface area contributed by atoms with Crippen LogP contribution in [-0.2, 0) is 13.6 Å². The van der Waals surface area contributed by atoms with Gasteiger partial charge in [0.25, 0.3) is 0 Å². The smallest absolute Gasteiger partial charge is 0.302 e. The van der Waals surface area contributed by atoms with Crippen molar-refractivity contribution in [2.75, 3.05) is 13.2 Å². The van der Waals surface area contributed by atoms with Crippen LogP contribution < -0.4 is 0 Å². The first kappa shape index (κ1) is 45.6. The van der Waals surface area contributed by atoms with E-state index in [4.69, 9.17) is 9.05 Å². The molecule has 0 fully saturated rings. The summed E-state index contributed by atoms with van der Waals surface area (Å²) in [6.45, 7) is 5.21. The number of rotatable bonds is 36. The quantitative estimate of drug-likeness (QED) is 0.0512. The van der Waals surface area contributed by atoms with Crippen LogP contribution in [0.3, 0.4) is 0 Å². The standard InChI is InChI=1S/C36H75O4P.Nd/c1-3-5-7-9-11-13-15-17-19-21-23-25-27-29-31-33-35-39-41(37,38)40-36-34-32-30-28-26-24-22-20-18-16-14-12-10-8-6-4-2;/h3-36H2,1-2H3,(H,37,38);. The molecule has 0 bridgehead atoms. The second-order valence-corrected chi connectivity index (χ2v) is 14.2. The molecule has 0 amide bonds. The third-order valence-electron chi connectivity index (χ3n) is 8.50. The van der Waals surface area contributed by atoms with Gasteiger partial charge in [-0.2, -0.15) is 0 Å². The Bertz CT molecular complexity index is 493. The van der Waals surface area contributed by atoms with Crippen molar-refractivity contribution in [3.8, 4) is 0 Å². The van der Waals surface area contributed by atoms with E-state index >= 15 is 0 Å². The summed E-state index contributed by atoms with van der Waals surface area (Å²) in [5.41, 5.74) is 0. The van der Waals surface area contributed by atoms with Crippen LogP contribution in [0.2, 0.25) is 0 Å². The fourth-order valence-electron chi connectivity index (χ4n) is 5.70. The zero-order chi connectivity index (χ0) is 30.0. The molecule has 0 saturated carbocycles. The molecule has 0 aliphatic heterocycles. The van der Waals surface area contributed by atoms with Gasteiger partial charge in [-0.15, -0.1) is 0 Å². The van der Waals surface area contributed by atoms with Gasteiger partial charge in [-0.25, -0.2) is 4.57 Å². The van der Waals surface area contributed by atoms with Crippen LogP contribution in [0.15, 0.2) is 0 Å². The van der Waals surface area contributed by atoms with Crippen LogP contribution in [0.5, 0.6) is 0 Å². The molecule has 0 aromatic heterocycles. The number of hydrogen-bond acceptors (Lipinski definition) is 3. The molecule has 0 radical (unpaired) electrons. The van der Waals surface area contributed by atoms with Crippen molar-refractivity contribution >= 4 is 7.82 Å². The summed E-state index contributed by atoms with van der Waals surface area (Å²) < 4.78 is 22.4. The van der Waals surface area contributed by atoms with E-state index in [1.54, 1.807) is 0 Å². The Hall–Kier alpha value is 1.46. The van der Waals surface area contributed by atoms with E-state index in [1.807, 2.05) is 0 Å². The van der Waals surface area contributed by atoms with Crippen LogP contribution in [0.25, 0.3) is 0 Å². The van der Waals surface area contributed by atoms with E-state index in [9.17, 15) is 9.46 Å². The minimum absolute atomic E-state index is 0. The summed E-state index contributed by atoms with van der Waals surface area (Å²) >= 11 is 0. The van der Waals surface area contributed by atoms with E-state index in [2.05, 4.69) is 13.8 Å². The number of phosphoric ester groups is 1. The fourth-order valence-corrected chi connectivity index (χ4v) is 6.49. The van der Waals surface area contributed by atoms with Crippen molar-refractivity contribution in [1.29, 1.82) is 0 Å². The van der Waals surface area contributed by atoms with E-state index in [0.717, 1.165) is 25.7 Å². The Morgan fingerprint density at radius 1 is 0.357 bits per heavy atom. The van der Waals surface area contributed by atoms with Gasteiger partial charge < -0.3 is 4.89 Å². The van der Waals surface area contributed by atoms with E-state index in [0.29, 0.717) is 13.2 Å². The Morgan fingerprint density at radius 3 is 0.714 bits per heavy atom. The van der Waals surface area contributed by atoms with Crippen LogP contribution >= 0.6 is 7.82 Å². The molecule has 0 aromatic carbocycles. The molecule has 252 valence electrons. The second-order valence-electron chi connectivity index (χ2n) is 12.7. The molecule has 0 spiro atoms. The normalized spacial score (nSPS) is 11.7. The van der Waals surface area contributed by atoms with Gasteiger partial charge in [0.15, 0.2) is 0 Å². The Balaban J connectivity index is 0. The van der Waals surface area contributed by atoms with Crippen LogP contribution in [0, 0.1) is 40.8 Å². The first-order chi connectivity index (χ1) is 20.1. The molecular weight excluding hydrogens is 672 g/mol. The van der Waals surface area contributed by atoms with Gasteiger partial charge >= 0.3 is 7.82 Å². The first-order valence-corrected chi connectivity index (χ1v) is 20.2. The SMILES string of the molecule is CCCCCCCCCCCCCCCCCCOP(=O)(O)OCCCCCCCCCCCCCCCCCC.[Nd]. The van der Waals surface area contributed by atoms with Gasteiger partial charge in [-0.05, 0) is 12.8 Å². The van der Waals surface area contributed by atoms with Crippen molar-refractivity contribution < 1.29 is 59.3 Å². The van der Waals surface area contributed by atoms with Gasteiger partial charge in [0.2, 0.25) is 0 Å². The third-order valence-corrected chi connectivity index (χ3v) is 9.52. The summed E-state index contributed by atoms with van der Waals surface area (Å²) in [5, 5.41) is 0. The molecule has 42 heavy (non-hydrogen) atoms. The fraction of sp³-hybridized carbons (Fsp3) is 1.00. The maximum atomic E-state index is 12.0.